The number of hydrogen-bond acceptors (Lipinski definition) is 5. The quantitative estimate of drug-likeness (QED) is 0.685. The number of aryl methyl sites for hydroxylation is 2. The van der Waals surface area contributed by atoms with Gasteiger partial charge in [-0.25, -0.2) is 0 Å². The summed E-state index contributed by atoms with van der Waals surface area (Å²) in [6, 6.07) is 9.11. The molecule has 0 radical (unpaired) electrons. The van der Waals surface area contributed by atoms with Crippen LogP contribution in [0.5, 0.6) is 0 Å². The molecule has 0 aliphatic rings. The van der Waals surface area contributed by atoms with Crippen molar-refractivity contribution in [1.29, 1.82) is 0 Å². The summed E-state index contributed by atoms with van der Waals surface area (Å²) in [4.78, 5) is 15.7. The van der Waals surface area contributed by atoms with Crippen molar-refractivity contribution in [1.82, 2.24) is 20.2 Å². The molecule has 0 spiro atoms. The number of halogens is 1. The van der Waals surface area contributed by atoms with Crippen molar-refractivity contribution in [2.75, 3.05) is 0 Å². The van der Waals surface area contributed by atoms with E-state index in [0.717, 1.165) is 20.9 Å². The van der Waals surface area contributed by atoms with E-state index in [1.807, 2.05) is 32.0 Å². The summed E-state index contributed by atoms with van der Waals surface area (Å²) in [5.74, 6) is 0.436. The molecule has 22 heavy (non-hydrogen) atoms. The van der Waals surface area contributed by atoms with Crippen LogP contribution in [0.25, 0.3) is 11.4 Å². The number of Topliss-reactive ketones (excluding diaryl/α,β-unsaturated/α-hetero) is 1. The normalized spacial score (nSPS) is 10.9. The maximum atomic E-state index is 12.3. The van der Waals surface area contributed by atoms with E-state index < -0.39 is 0 Å². The third-order valence-electron chi connectivity index (χ3n) is 3.16. The number of benzene rings is 1. The molecule has 0 fully saturated rings. The largest absolute Gasteiger partial charge is 0.292 e. The van der Waals surface area contributed by atoms with Gasteiger partial charge < -0.3 is 0 Å². The lowest BCUT2D eigenvalue weighted by Crippen LogP contribution is -2.13. The highest BCUT2D eigenvalue weighted by Gasteiger charge is 2.15. The van der Waals surface area contributed by atoms with Gasteiger partial charge in [0.2, 0.25) is 5.82 Å². The molecule has 2 aromatic heterocycles. The third kappa shape index (κ3) is 3.08. The Morgan fingerprint density at radius 1 is 1.32 bits per heavy atom. The fourth-order valence-corrected chi connectivity index (χ4v) is 3.31. The Hall–Kier alpha value is -2.05. The van der Waals surface area contributed by atoms with E-state index in [0.29, 0.717) is 10.8 Å². The second kappa shape index (κ2) is 5.98. The van der Waals surface area contributed by atoms with Gasteiger partial charge in [-0.2, -0.15) is 4.80 Å². The number of hydrogen-bond donors (Lipinski definition) is 0. The Kier molecular flexibility index (Phi) is 4.04. The van der Waals surface area contributed by atoms with Gasteiger partial charge in [-0.15, -0.1) is 21.5 Å². The van der Waals surface area contributed by atoms with Gasteiger partial charge >= 0.3 is 0 Å². The first-order valence-corrected chi connectivity index (χ1v) is 7.86. The molecular formula is C15H13ClN4OS. The lowest BCUT2D eigenvalue weighted by atomic mass is 10.1. The molecule has 3 rings (SSSR count). The van der Waals surface area contributed by atoms with Crippen molar-refractivity contribution < 1.29 is 4.79 Å². The highest BCUT2D eigenvalue weighted by Crippen LogP contribution is 2.22. The van der Waals surface area contributed by atoms with Crippen LogP contribution in [0.2, 0.25) is 5.02 Å². The summed E-state index contributed by atoms with van der Waals surface area (Å²) in [7, 11) is 0. The minimum absolute atomic E-state index is 0.0168. The van der Waals surface area contributed by atoms with E-state index in [1.165, 1.54) is 4.80 Å². The molecule has 7 heteroatoms. The van der Waals surface area contributed by atoms with Crippen LogP contribution in [0.3, 0.4) is 0 Å². The molecule has 0 amide bonds. The molecule has 0 N–H and O–H groups in total. The smallest absolute Gasteiger partial charge is 0.204 e. The number of thiophene rings is 1. The molecule has 2 heterocycles. The summed E-state index contributed by atoms with van der Waals surface area (Å²) in [5.41, 5.74) is 1.50. The standard InChI is InChI=1S/C15H13ClN4OS/c1-9-6-13(10(2)22-9)14(21)8-20-18-15(17-19-20)11-4-3-5-12(16)7-11/h3-7H,8H2,1-2H3. The molecule has 112 valence electrons. The first-order chi connectivity index (χ1) is 10.5. The van der Waals surface area contributed by atoms with Crippen molar-refractivity contribution in [3.63, 3.8) is 0 Å². The molecule has 0 saturated carbocycles. The van der Waals surface area contributed by atoms with Crippen LogP contribution in [0.1, 0.15) is 20.1 Å². The Morgan fingerprint density at radius 2 is 2.14 bits per heavy atom. The SMILES string of the molecule is Cc1cc(C(=O)Cn2nnc(-c3cccc(Cl)c3)n2)c(C)s1. The van der Waals surface area contributed by atoms with Gasteiger partial charge in [-0.1, -0.05) is 23.7 Å². The fourth-order valence-electron chi connectivity index (χ4n) is 2.17. The number of nitrogens with zero attached hydrogens (tertiary/aromatic N) is 4. The molecule has 0 aliphatic heterocycles. The summed E-state index contributed by atoms with van der Waals surface area (Å²) in [6.45, 7) is 4.00. The van der Waals surface area contributed by atoms with Crippen LogP contribution >= 0.6 is 22.9 Å². The average molecular weight is 333 g/mol. The van der Waals surface area contributed by atoms with Gasteiger partial charge in [0.15, 0.2) is 5.78 Å². The average Bonchev–Trinajstić information content (AvgIpc) is 3.05. The van der Waals surface area contributed by atoms with Gasteiger partial charge in [0, 0.05) is 25.9 Å². The second-order valence-electron chi connectivity index (χ2n) is 4.90. The summed E-state index contributed by atoms with van der Waals surface area (Å²) in [5, 5.41) is 12.8. The number of carbonyl (C=O) groups is 1. The Labute approximate surface area is 136 Å². The van der Waals surface area contributed by atoms with Gasteiger partial charge in [0.25, 0.3) is 0 Å². The summed E-state index contributed by atoms with van der Waals surface area (Å²) >= 11 is 7.56. The van der Waals surface area contributed by atoms with Crippen LogP contribution < -0.4 is 0 Å². The monoisotopic (exact) mass is 332 g/mol. The van der Waals surface area contributed by atoms with E-state index in [2.05, 4.69) is 15.4 Å². The highest BCUT2D eigenvalue weighted by atomic mass is 35.5. The Bertz CT molecular complexity index is 840. The molecular weight excluding hydrogens is 320 g/mol. The van der Waals surface area contributed by atoms with Crippen LogP contribution in [-0.2, 0) is 6.54 Å². The van der Waals surface area contributed by atoms with Gasteiger partial charge in [0.1, 0.15) is 6.54 Å². The van der Waals surface area contributed by atoms with Crippen LogP contribution in [0.4, 0.5) is 0 Å². The molecule has 5 nitrogen and oxygen atoms in total. The topological polar surface area (TPSA) is 60.7 Å². The molecule has 3 aromatic rings. The van der Waals surface area contributed by atoms with Crippen molar-refractivity contribution in [3.05, 3.63) is 50.7 Å². The van der Waals surface area contributed by atoms with Gasteiger partial charge in [-0.05, 0) is 37.3 Å². The number of rotatable bonds is 4. The number of ketones is 1. The van der Waals surface area contributed by atoms with Crippen molar-refractivity contribution in [2.24, 2.45) is 0 Å². The van der Waals surface area contributed by atoms with Crippen molar-refractivity contribution in [3.8, 4) is 11.4 Å². The minimum atomic E-state index is -0.0168. The zero-order valence-corrected chi connectivity index (χ0v) is 13.6. The second-order valence-corrected chi connectivity index (χ2v) is 6.80. The lowest BCUT2D eigenvalue weighted by molar-refractivity contribution is 0.0961. The zero-order valence-electron chi connectivity index (χ0n) is 12.1. The first-order valence-electron chi connectivity index (χ1n) is 6.67. The van der Waals surface area contributed by atoms with E-state index in [-0.39, 0.29) is 12.3 Å². The van der Waals surface area contributed by atoms with Crippen molar-refractivity contribution >= 4 is 28.7 Å². The van der Waals surface area contributed by atoms with Crippen molar-refractivity contribution in [2.45, 2.75) is 20.4 Å². The van der Waals surface area contributed by atoms with E-state index >= 15 is 0 Å². The molecule has 0 aliphatic carbocycles. The summed E-state index contributed by atoms with van der Waals surface area (Å²) in [6.07, 6.45) is 0. The number of aromatic nitrogens is 4. The van der Waals surface area contributed by atoms with E-state index in [9.17, 15) is 4.79 Å². The first kappa shape index (κ1) is 14.9. The molecule has 0 bridgehead atoms. The van der Waals surface area contributed by atoms with E-state index in [4.69, 9.17) is 11.6 Å². The van der Waals surface area contributed by atoms with Crippen LogP contribution in [-0.4, -0.2) is 26.0 Å². The van der Waals surface area contributed by atoms with Gasteiger partial charge in [0.05, 0.1) is 0 Å². The number of tetrazole rings is 1. The Balaban J connectivity index is 1.80. The van der Waals surface area contributed by atoms with Crippen LogP contribution in [0, 0.1) is 13.8 Å². The van der Waals surface area contributed by atoms with E-state index in [1.54, 1.807) is 23.5 Å². The predicted octanol–water partition coefficient (Wildman–Crippen LogP) is 3.55. The minimum Gasteiger partial charge on any atom is -0.292 e. The lowest BCUT2D eigenvalue weighted by Gasteiger charge is -1.98. The summed E-state index contributed by atoms with van der Waals surface area (Å²) < 4.78 is 0. The molecule has 1 aromatic carbocycles. The number of carbonyl (C=O) groups excluding carboxylic acids is 1. The van der Waals surface area contributed by atoms with Crippen LogP contribution in [0.15, 0.2) is 30.3 Å². The maximum absolute atomic E-state index is 12.3. The maximum Gasteiger partial charge on any atom is 0.204 e. The third-order valence-corrected chi connectivity index (χ3v) is 4.36. The Morgan fingerprint density at radius 3 is 2.82 bits per heavy atom. The fraction of sp³-hybridized carbons (Fsp3) is 0.200. The molecule has 0 unspecified atom stereocenters. The highest BCUT2D eigenvalue weighted by molar-refractivity contribution is 7.12. The zero-order chi connectivity index (χ0) is 15.7. The molecule has 0 saturated heterocycles. The predicted molar refractivity (Wildman–Crippen MR) is 86.4 cm³/mol. The van der Waals surface area contributed by atoms with Gasteiger partial charge in [-0.3, -0.25) is 4.79 Å². The molecule has 0 atom stereocenters.